The third kappa shape index (κ3) is 6.96. The summed E-state index contributed by atoms with van der Waals surface area (Å²) < 4.78 is 26.8. The summed E-state index contributed by atoms with van der Waals surface area (Å²) in [5.41, 5.74) is 0.522. The number of nitrogens with zero attached hydrogens (tertiary/aromatic N) is 1. The van der Waals surface area contributed by atoms with E-state index in [0.717, 1.165) is 18.6 Å². The molecule has 1 heterocycles. The molecular weight excluding hydrogens is 308 g/mol. The third-order valence-electron chi connectivity index (χ3n) is 2.56. The number of hydrogen-bond acceptors (Lipinski definition) is 5. The van der Waals surface area contributed by atoms with Crippen molar-refractivity contribution in [2.24, 2.45) is 0 Å². The van der Waals surface area contributed by atoms with E-state index in [4.69, 9.17) is 5.11 Å². The van der Waals surface area contributed by atoms with Crippen LogP contribution >= 0.6 is 11.8 Å². The van der Waals surface area contributed by atoms with Gasteiger partial charge in [0.15, 0.2) is 0 Å². The maximum Gasteiger partial charge on any atom is 0.242 e. The quantitative estimate of drug-likeness (QED) is 0.554. The number of aromatic nitrogens is 1. The van der Waals surface area contributed by atoms with Crippen molar-refractivity contribution in [2.75, 3.05) is 25.2 Å². The number of pyridine rings is 1. The maximum absolute atomic E-state index is 12.1. The molecule has 5 nitrogen and oxygen atoms in total. The summed E-state index contributed by atoms with van der Waals surface area (Å²) >= 11 is 1.75. The van der Waals surface area contributed by atoms with Gasteiger partial charge in [-0.15, -0.1) is 0 Å². The molecule has 1 aromatic heterocycles. The highest BCUT2D eigenvalue weighted by Gasteiger charge is 2.13. The predicted molar refractivity (Wildman–Crippen MR) is 85.6 cm³/mol. The Morgan fingerprint density at radius 2 is 2.19 bits per heavy atom. The number of aliphatic hydroxyl groups is 1. The van der Waals surface area contributed by atoms with Crippen molar-refractivity contribution >= 4 is 21.8 Å². The first-order valence-corrected chi connectivity index (χ1v) is 9.51. The molecule has 0 bridgehead atoms. The van der Waals surface area contributed by atoms with E-state index in [1.54, 1.807) is 11.8 Å². The van der Waals surface area contributed by atoms with Crippen LogP contribution in [0.5, 0.6) is 0 Å². The number of aliphatic hydroxyl groups excluding tert-OH is 1. The van der Waals surface area contributed by atoms with Gasteiger partial charge in [0.25, 0.3) is 0 Å². The van der Waals surface area contributed by atoms with E-state index in [2.05, 4.69) is 21.5 Å². The van der Waals surface area contributed by atoms with Crippen molar-refractivity contribution in [3.05, 3.63) is 24.0 Å². The molecule has 0 amide bonds. The van der Waals surface area contributed by atoms with Crippen LogP contribution in [0.4, 0.5) is 0 Å². The first-order valence-electron chi connectivity index (χ1n) is 6.63. The van der Waals surface area contributed by atoms with Gasteiger partial charge in [0.05, 0.1) is 6.61 Å². The fourth-order valence-electron chi connectivity index (χ4n) is 1.52. The van der Waals surface area contributed by atoms with Gasteiger partial charge in [-0.25, -0.2) is 13.1 Å². The fourth-order valence-corrected chi connectivity index (χ4v) is 3.07. The van der Waals surface area contributed by atoms with Gasteiger partial charge in [-0.2, -0.15) is 11.8 Å². The van der Waals surface area contributed by atoms with Crippen LogP contribution in [0.2, 0.25) is 0 Å². The Kier molecular flexibility index (Phi) is 8.38. The van der Waals surface area contributed by atoms with Crippen molar-refractivity contribution in [3.63, 3.8) is 0 Å². The number of rotatable bonds is 8. The largest absolute Gasteiger partial charge is 0.395 e. The van der Waals surface area contributed by atoms with Gasteiger partial charge in [0.2, 0.25) is 10.0 Å². The van der Waals surface area contributed by atoms with Crippen LogP contribution < -0.4 is 4.72 Å². The van der Waals surface area contributed by atoms with Gasteiger partial charge in [0.1, 0.15) is 4.90 Å². The molecule has 1 rings (SSSR count). The molecule has 0 spiro atoms. The molecule has 0 unspecified atom stereocenters. The molecular formula is C14H20N2O3S2. The molecule has 0 fully saturated rings. The molecule has 7 heteroatoms. The minimum atomic E-state index is -3.54. The van der Waals surface area contributed by atoms with Crippen LogP contribution in [0.1, 0.15) is 24.8 Å². The highest BCUT2D eigenvalue weighted by atomic mass is 32.2. The Morgan fingerprint density at radius 3 is 2.90 bits per heavy atom. The SMILES string of the molecule is CSCCCCNS(=O)(=O)c1cncc(C#CCCO)c1. The zero-order chi connectivity index (χ0) is 15.6. The van der Waals surface area contributed by atoms with Gasteiger partial charge in [-0.05, 0) is 30.9 Å². The van der Waals surface area contributed by atoms with Crippen molar-refractivity contribution < 1.29 is 13.5 Å². The van der Waals surface area contributed by atoms with Crippen LogP contribution in [-0.4, -0.2) is 43.7 Å². The van der Waals surface area contributed by atoms with Crippen LogP contribution in [-0.2, 0) is 10.0 Å². The Hall–Kier alpha value is -1.07. The molecule has 0 aliphatic carbocycles. The topological polar surface area (TPSA) is 79.3 Å². The van der Waals surface area contributed by atoms with Crippen molar-refractivity contribution in [1.82, 2.24) is 9.71 Å². The molecule has 2 N–H and O–H groups in total. The number of nitrogens with one attached hydrogen (secondary N) is 1. The van der Waals surface area contributed by atoms with E-state index in [0.29, 0.717) is 18.5 Å². The van der Waals surface area contributed by atoms with Crippen LogP contribution in [0, 0.1) is 11.8 Å². The van der Waals surface area contributed by atoms with E-state index >= 15 is 0 Å². The standard InChI is InChI=1S/C14H20N2O3S2/c1-20-9-5-3-7-16-21(18,19)14-10-13(11-15-12-14)6-2-4-8-17/h10-12,16-17H,3-5,7-9H2,1H3. The van der Waals surface area contributed by atoms with Gasteiger partial charge in [-0.3, -0.25) is 4.98 Å². The van der Waals surface area contributed by atoms with Gasteiger partial charge in [0, 0.05) is 30.9 Å². The van der Waals surface area contributed by atoms with Crippen LogP contribution in [0.3, 0.4) is 0 Å². The lowest BCUT2D eigenvalue weighted by atomic mass is 10.3. The minimum Gasteiger partial charge on any atom is -0.395 e. The monoisotopic (exact) mass is 328 g/mol. The second-order valence-corrected chi connectivity index (χ2v) is 7.03. The fraction of sp³-hybridized carbons (Fsp3) is 0.500. The normalized spacial score (nSPS) is 11.0. The van der Waals surface area contributed by atoms with E-state index in [-0.39, 0.29) is 11.5 Å². The lowest BCUT2D eigenvalue weighted by molar-refractivity contribution is 0.305. The smallest absolute Gasteiger partial charge is 0.242 e. The summed E-state index contributed by atoms with van der Waals surface area (Å²) in [4.78, 5) is 4.01. The molecule has 0 aromatic carbocycles. The summed E-state index contributed by atoms with van der Waals surface area (Å²) in [6.07, 6.45) is 6.98. The Morgan fingerprint density at radius 1 is 1.38 bits per heavy atom. The molecule has 21 heavy (non-hydrogen) atoms. The molecule has 0 saturated carbocycles. The molecule has 0 aliphatic heterocycles. The molecule has 1 aromatic rings. The van der Waals surface area contributed by atoms with Crippen molar-refractivity contribution in [1.29, 1.82) is 0 Å². The average Bonchev–Trinajstić information content (AvgIpc) is 2.48. The summed E-state index contributed by atoms with van der Waals surface area (Å²) in [5.74, 6) is 6.54. The zero-order valence-corrected chi connectivity index (χ0v) is 13.6. The number of hydrogen-bond donors (Lipinski definition) is 2. The summed E-state index contributed by atoms with van der Waals surface area (Å²) in [6, 6.07) is 1.49. The molecule has 0 radical (unpaired) electrons. The van der Waals surface area contributed by atoms with Crippen LogP contribution in [0.25, 0.3) is 0 Å². The lowest BCUT2D eigenvalue weighted by Crippen LogP contribution is -2.25. The molecule has 0 aliphatic rings. The number of thioether (sulfide) groups is 1. The molecule has 0 atom stereocenters. The van der Waals surface area contributed by atoms with E-state index in [1.165, 1.54) is 18.5 Å². The van der Waals surface area contributed by atoms with Crippen LogP contribution in [0.15, 0.2) is 23.4 Å². The van der Waals surface area contributed by atoms with E-state index in [1.807, 2.05) is 6.26 Å². The second-order valence-electron chi connectivity index (χ2n) is 4.28. The summed E-state index contributed by atoms with van der Waals surface area (Å²) in [5, 5.41) is 8.66. The Bertz CT molecular complexity index is 592. The maximum atomic E-state index is 12.1. The summed E-state index contributed by atoms with van der Waals surface area (Å²) in [6.45, 7) is 0.402. The van der Waals surface area contributed by atoms with Crippen molar-refractivity contribution in [3.8, 4) is 11.8 Å². The van der Waals surface area contributed by atoms with E-state index < -0.39 is 10.0 Å². The average molecular weight is 328 g/mol. The lowest BCUT2D eigenvalue weighted by Gasteiger charge is -2.06. The highest BCUT2D eigenvalue weighted by Crippen LogP contribution is 2.09. The zero-order valence-electron chi connectivity index (χ0n) is 12.0. The van der Waals surface area contributed by atoms with Gasteiger partial charge >= 0.3 is 0 Å². The van der Waals surface area contributed by atoms with E-state index in [9.17, 15) is 8.42 Å². The van der Waals surface area contributed by atoms with Gasteiger partial charge < -0.3 is 5.11 Å². The third-order valence-corrected chi connectivity index (χ3v) is 4.69. The Labute approximate surface area is 130 Å². The first-order chi connectivity index (χ1) is 10.1. The first kappa shape index (κ1) is 18.0. The van der Waals surface area contributed by atoms with Crippen molar-refractivity contribution in [2.45, 2.75) is 24.2 Å². The molecule has 116 valence electrons. The number of unbranched alkanes of at least 4 members (excludes halogenated alkanes) is 1. The Balaban J connectivity index is 2.66. The van der Waals surface area contributed by atoms with Gasteiger partial charge in [-0.1, -0.05) is 11.8 Å². The predicted octanol–water partition coefficient (Wildman–Crippen LogP) is 1.24. The summed E-state index contributed by atoms with van der Waals surface area (Å²) in [7, 11) is -3.54. The minimum absolute atomic E-state index is 0.0178. The second kappa shape index (κ2) is 9.79. The molecule has 0 saturated heterocycles. The highest BCUT2D eigenvalue weighted by molar-refractivity contribution is 7.98. The number of sulfonamides is 1.